The van der Waals surface area contributed by atoms with Gasteiger partial charge < -0.3 is 0 Å². The maximum Gasteiger partial charge on any atom is 0.149 e. The van der Waals surface area contributed by atoms with Gasteiger partial charge in [0.05, 0.1) is 11.8 Å². The summed E-state index contributed by atoms with van der Waals surface area (Å²) in [6.07, 6.45) is 1.27. The van der Waals surface area contributed by atoms with Gasteiger partial charge in [0.2, 0.25) is 0 Å². The van der Waals surface area contributed by atoms with Crippen molar-refractivity contribution in [3.63, 3.8) is 0 Å². The lowest BCUT2D eigenvalue weighted by Gasteiger charge is -1.97. The number of nitrogens with zero attached hydrogens (tertiary/aromatic N) is 1. The predicted molar refractivity (Wildman–Crippen MR) is 43.9 cm³/mol. The van der Waals surface area contributed by atoms with E-state index in [0.717, 1.165) is 0 Å². The van der Waals surface area contributed by atoms with E-state index < -0.39 is 9.84 Å². The van der Waals surface area contributed by atoms with Crippen LogP contribution in [0.2, 0.25) is 0 Å². The summed E-state index contributed by atoms with van der Waals surface area (Å²) in [6, 6.07) is 0.532. The van der Waals surface area contributed by atoms with Crippen molar-refractivity contribution in [2.75, 3.05) is 19.1 Å². The molecule has 0 aromatic carbocycles. The van der Waals surface area contributed by atoms with Crippen LogP contribution in [0.3, 0.4) is 0 Å². The molecule has 1 aliphatic rings. The quantitative estimate of drug-likeness (QED) is 0.577. The Labute approximate surface area is 67.5 Å². The number of rotatable bonds is 3. The highest BCUT2D eigenvalue weighted by Gasteiger charge is 2.44. The van der Waals surface area contributed by atoms with Crippen LogP contribution in [0.4, 0.5) is 0 Å². The van der Waals surface area contributed by atoms with Gasteiger partial charge in [-0.3, -0.25) is 5.43 Å². The predicted octanol–water partition coefficient (Wildman–Crippen LogP) is -0.762. The van der Waals surface area contributed by atoms with Gasteiger partial charge in [-0.2, -0.15) is 0 Å². The van der Waals surface area contributed by atoms with Crippen molar-refractivity contribution in [2.24, 2.45) is 0 Å². The summed E-state index contributed by atoms with van der Waals surface area (Å²) in [7, 11) is -1.01. The summed E-state index contributed by atoms with van der Waals surface area (Å²) in [5.74, 6) is 0.259. The highest BCUT2D eigenvalue weighted by molar-refractivity contribution is 7.90. The van der Waals surface area contributed by atoms with Crippen molar-refractivity contribution in [3.8, 4) is 0 Å². The second-order valence-electron chi connectivity index (χ2n) is 3.03. The Morgan fingerprint density at radius 2 is 2.09 bits per heavy atom. The van der Waals surface area contributed by atoms with E-state index in [1.54, 1.807) is 7.05 Å². The molecule has 66 valence electrons. The van der Waals surface area contributed by atoms with Crippen LogP contribution in [-0.2, 0) is 9.84 Å². The molecule has 1 fully saturated rings. The molecule has 0 saturated carbocycles. The molecule has 4 nitrogen and oxygen atoms in total. The fraction of sp³-hybridized carbons (Fsp3) is 1.00. The SMILES string of the molecule is CNN1C(C)[C@@H]1CS(C)(=O)=O. The Balaban J connectivity index is 2.44. The van der Waals surface area contributed by atoms with E-state index in [1.807, 2.05) is 11.9 Å². The molecule has 0 aliphatic carbocycles. The lowest BCUT2D eigenvalue weighted by molar-refractivity contribution is 0.399. The third kappa shape index (κ3) is 2.15. The summed E-state index contributed by atoms with van der Waals surface area (Å²) < 4.78 is 21.7. The molecule has 2 unspecified atom stereocenters. The number of hydrazine groups is 1. The van der Waals surface area contributed by atoms with Crippen LogP contribution in [0.1, 0.15) is 6.92 Å². The molecule has 0 spiro atoms. The van der Waals surface area contributed by atoms with E-state index in [4.69, 9.17) is 0 Å². The van der Waals surface area contributed by atoms with E-state index in [0.29, 0.717) is 6.04 Å². The first-order valence-corrected chi connectivity index (χ1v) is 5.65. The minimum Gasteiger partial charge on any atom is -0.258 e. The van der Waals surface area contributed by atoms with E-state index in [9.17, 15) is 8.42 Å². The molecule has 11 heavy (non-hydrogen) atoms. The Hall–Kier alpha value is -0.130. The molecule has 1 rings (SSSR count). The van der Waals surface area contributed by atoms with Gasteiger partial charge in [-0.15, -0.1) is 0 Å². The molecule has 5 heteroatoms. The molecule has 3 atom stereocenters. The molecule has 0 amide bonds. The Bertz CT molecular complexity index is 237. The standard InChI is InChI=1S/C6H14N2O2S/c1-5-6(8(5)7-2)4-11(3,9)10/h5-7H,4H2,1-3H3/t5?,6-,8?/m0/s1. The van der Waals surface area contributed by atoms with Gasteiger partial charge in [0.1, 0.15) is 9.84 Å². The Kier molecular flexibility index (Phi) is 2.22. The molecule has 0 bridgehead atoms. The van der Waals surface area contributed by atoms with E-state index in [-0.39, 0.29) is 11.8 Å². The van der Waals surface area contributed by atoms with Gasteiger partial charge in [0, 0.05) is 12.3 Å². The third-order valence-corrected chi connectivity index (χ3v) is 2.94. The lowest BCUT2D eigenvalue weighted by atomic mass is 10.4. The van der Waals surface area contributed by atoms with Gasteiger partial charge >= 0.3 is 0 Å². The summed E-state index contributed by atoms with van der Waals surface area (Å²) in [5.41, 5.74) is 2.93. The van der Waals surface area contributed by atoms with Crippen LogP contribution < -0.4 is 5.43 Å². The zero-order valence-electron chi connectivity index (χ0n) is 7.03. The number of nitrogens with one attached hydrogen (secondary N) is 1. The second kappa shape index (κ2) is 2.73. The number of sulfone groups is 1. The monoisotopic (exact) mass is 178 g/mol. The maximum absolute atomic E-state index is 10.8. The van der Waals surface area contributed by atoms with Gasteiger partial charge in [-0.25, -0.2) is 13.4 Å². The fourth-order valence-electron chi connectivity index (χ4n) is 1.31. The normalized spacial score (nSPS) is 37.2. The maximum atomic E-state index is 10.8. The first kappa shape index (κ1) is 8.96. The zero-order valence-corrected chi connectivity index (χ0v) is 7.85. The van der Waals surface area contributed by atoms with Crippen molar-refractivity contribution in [1.29, 1.82) is 0 Å². The van der Waals surface area contributed by atoms with E-state index in [2.05, 4.69) is 5.43 Å². The van der Waals surface area contributed by atoms with Crippen LogP contribution in [0.15, 0.2) is 0 Å². The van der Waals surface area contributed by atoms with Crippen molar-refractivity contribution in [1.82, 2.24) is 10.4 Å². The Morgan fingerprint density at radius 3 is 2.36 bits per heavy atom. The topological polar surface area (TPSA) is 49.2 Å². The van der Waals surface area contributed by atoms with Crippen molar-refractivity contribution >= 4 is 9.84 Å². The van der Waals surface area contributed by atoms with Gasteiger partial charge in [-0.1, -0.05) is 0 Å². The molecule has 0 radical (unpaired) electrons. The summed E-state index contributed by atoms with van der Waals surface area (Å²) >= 11 is 0. The molecule has 1 aliphatic heterocycles. The van der Waals surface area contributed by atoms with Crippen molar-refractivity contribution in [3.05, 3.63) is 0 Å². The Morgan fingerprint density at radius 1 is 1.55 bits per heavy atom. The smallest absolute Gasteiger partial charge is 0.149 e. The summed E-state index contributed by atoms with van der Waals surface area (Å²) in [4.78, 5) is 0. The first-order chi connectivity index (χ1) is 4.95. The third-order valence-electron chi connectivity index (χ3n) is 1.99. The van der Waals surface area contributed by atoms with Crippen LogP contribution in [0, 0.1) is 0 Å². The summed E-state index contributed by atoms with van der Waals surface area (Å²) in [6.45, 7) is 2.01. The largest absolute Gasteiger partial charge is 0.258 e. The minimum absolute atomic E-state index is 0.176. The first-order valence-electron chi connectivity index (χ1n) is 3.59. The zero-order chi connectivity index (χ0) is 8.65. The lowest BCUT2D eigenvalue weighted by Crippen LogP contribution is -2.21. The van der Waals surface area contributed by atoms with Crippen molar-refractivity contribution < 1.29 is 8.42 Å². The molecular formula is C6H14N2O2S. The van der Waals surface area contributed by atoms with Crippen LogP contribution in [0.5, 0.6) is 0 Å². The van der Waals surface area contributed by atoms with Crippen LogP contribution in [-0.4, -0.2) is 44.6 Å². The molecule has 1 N–H and O–H groups in total. The molecule has 1 heterocycles. The van der Waals surface area contributed by atoms with Crippen molar-refractivity contribution in [2.45, 2.75) is 19.0 Å². The van der Waals surface area contributed by atoms with Crippen LogP contribution >= 0.6 is 0 Å². The summed E-state index contributed by atoms with van der Waals surface area (Å²) in [5, 5.41) is 1.93. The van der Waals surface area contributed by atoms with E-state index in [1.165, 1.54) is 6.26 Å². The van der Waals surface area contributed by atoms with Gasteiger partial charge in [0.25, 0.3) is 0 Å². The average Bonchev–Trinajstić information content (AvgIpc) is 2.38. The van der Waals surface area contributed by atoms with E-state index >= 15 is 0 Å². The molecule has 0 aromatic rings. The average molecular weight is 178 g/mol. The molecular weight excluding hydrogens is 164 g/mol. The highest BCUT2D eigenvalue weighted by Crippen LogP contribution is 2.25. The second-order valence-corrected chi connectivity index (χ2v) is 5.22. The number of hydrogen-bond donors (Lipinski definition) is 1. The molecule has 0 aromatic heterocycles. The minimum atomic E-state index is -2.82. The molecule has 1 saturated heterocycles. The van der Waals surface area contributed by atoms with Crippen LogP contribution in [0.25, 0.3) is 0 Å². The fourth-order valence-corrected chi connectivity index (χ4v) is 2.37. The highest BCUT2D eigenvalue weighted by atomic mass is 32.2. The van der Waals surface area contributed by atoms with Gasteiger partial charge in [0.15, 0.2) is 0 Å². The number of hydrogen-bond acceptors (Lipinski definition) is 4. The van der Waals surface area contributed by atoms with Gasteiger partial charge in [-0.05, 0) is 14.0 Å².